The second-order valence-corrected chi connectivity index (χ2v) is 7.34. The minimum Gasteiger partial charge on any atom is -0.335 e. The van der Waals surface area contributed by atoms with Crippen LogP contribution in [0.5, 0.6) is 0 Å². The summed E-state index contributed by atoms with van der Waals surface area (Å²) in [5.74, 6) is 0.395. The zero-order valence-corrected chi connectivity index (χ0v) is 15.7. The minimum atomic E-state index is -0.566. The van der Waals surface area contributed by atoms with Gasteiger partial charge < -0.3 is 5.32 Å². The van der Waals surface area contributed by atoms with E-state index in [-0.39, 0.29) is 12.1 Å². The number of nitrogens with one attached hydrogen (secondary N) is 3. The second-order valence-electron chi connectivity index (χ2n) is 7.34. The number of aromatic amines is 1. The first-order valence-electron chi connectivity index (χ1n) is 9.64. The van der Waals surface area contributed by atoms with E-state index in [1.807, 2.05) is 0 Å². The summed E-state index contributed by atoms with van der Waals surface area (Å²) in [5, 5.41) is 13.7. The Kier molecular flexibility index (Phi) is 5.18. The summed E-state index contributed by atoms with van der Waals surface area (Å²) in [4.78, 5) is 20.2. The normalized spacial score (nSPS) is 16.1. The molecule has 0 saturated heterocycles. The van der Waals surface area contributed by atoms with Gasteiger partial charge in [-0.05, 0) is 31.7 Å². The van der Waals surface area contributed by atoms with E-state index in [2.05, 4.69) is 37.7 Å². The van der Waals surface area contributed by atoms with Gasteiger partial charge in [0.1, 0.15) is 11.5 Å². The molecule has 28 heavy (non-hydrogen) atoms. The molecule has 3 N–H and O–H groups in total. The largest absolute Gasteiger partial charge is 0.335 e. The van der Waals surface area contributed by atoms with Gasteiger partial charge in [0, 0.05) is 41.5 Å². The molecular weight excluding hydrogens is 359 g/mol. The summed E-state index contributed by atoms with van der Waals surface area (Å²) in [6, 6.07) is 4.59. The van der Waals surface area contributed by atoms with Crippen LogP contribution in [0.4, 0.5) is 15.0 Å². The van der Waals surface area contributed by atoms with Crippen molar-refractivity contribution in [2.24, 2.45) is 5.92 Å². The number of amides is 2. The van der Waals surface area contributed by atoms with Crippen molar-refractivity contribution < 1.29 is 9.18 Å². The maximum absolute atomic E-state index is 13.4. The number of fused-ring (bicyclic) bond motifs is 1. The molecule has 0 unspecified atom stereocenters. The quantitative estimate of drug-likeness (QED) is 0.588. The van der Waals surface area contributed by atoms with E-state index in [1.54, 1.807) is 18.3 Å². The van der Waals surface area contributed by atoms with E-state index in [0.717, 1.165) is 18.2 Å². The third-order valence-corrected chi connectivity index (χ3v) is 5.40. The molecule has 0 aliphatic heterocycles. The first-order valence-corrected chi connectivity index (χ1v) is 9.64. The molecule has 3 heterocycles. The summed E-state index contributed by atoms with van der Waals surface area (Å²) < 4.78 is 13.4. The highest BCUT2D eigenvalue weighted by molar-refractivity contribution is 5.95. The van der Waals surface area contributed by atoms with Gasteiger partial charge in [0.2, 0.25) is 5.95 Å². The highest BCUT2D eigenvalue weighted by atomic mass is 19.1. The summed E-state index contributed by atoms with van der Waals surface area (Å²) in [5.41, 5.74) is 1.91. The summed E-state index contributed by atoms with van der Waals surface area (Å²) in [6.45, 7) is 2.06. The van der Waals surface area contributed by atoms with E-state index in [9.17, 15) is 9.18 Å². The predicted octanol–water partition coefficient (Wildman–Crippen LogP) is 4.25. The lowest BCUT2D eigenvalue weighted by atomic mass is 9.85. The van der Waals surface area contributed by atoms with Gasteiger partial charge in [-0.25, -0.2) is 14.8 Å². The number of pyridine rings is 2. The molecule has 146 valence electrons. The van der Waals surface area contributed by atoms with Crippen LogP contribution in [0.3, 0.4) is 0 Å². The van der Waals surface area contributed by atoms with E-state index >= 15 is 0 Å². The number of carbonyl (C=O) groups is 1. The summed E-state index contributed by atoms with van der Waals surface area (Å²) in [7, 11) is 0. The van der Waals surface area contributed by atoms with Gasteiger partial charge in [-0.2, -0.15) is 9.49 Å². The Bertz CT molecular complexity index is 982. The van der Waals surface area contributed by atoms with Crippen LogP contribution in [0, 0.1) is 11.9 Å². The Morgan fingerprint density at radius 3 is 2.86 bits per heavy atom. The van der Waals surface area contributed by atoms with Gasteiger partial charge in [-0.3, -0.25) is 10.4 Å². The van der Waals surface area contributed by atoms with E-state index in [4.69, 9.17) is 0 Å². The maximum atomic E-state index is 13.4. The number of halogens is 1. The average molecular weight is 382 g/mol. The molecule has 1 aliphatic carbocycles. The van der Waals surface area contributed by atoms with Crippen molar-refractivity contribution in [2.75, 3.05) is 5.32 Å². The lowest BCUT2D eigenvalue weighted by Crippen LogP contribution is -2.41. The Morgan fingerprint density at radius 1 is 1.25 bits per heavy atom. The van der Waals surface area contributed by atoms with Gasteiger partial charge in [0.05, 0.1) is 5.52 Å². The number of aromatic nitrogens is 4. The molecule has 0 radical (unpaired) electrons. The van der Waals surface area contributed by atoms with Gasteiger partial charge in [0.15, 0.2) is 0 Å². The summed E-state index contributed by atoms with van der Waals surface area (Å²) in [6.07, 6.45) is 9.10. The first-order chi connectivity index (χ1) is 13.6. The van der Waals surface area contributed by atoms with Crippen molar-refractivity contribution in [3.63, 3.8) is 0 Å². The fraction of sp³-hybridized carbons (Fsp3) is 0.400. The number of rotatable bonds is 4. The number of urea groups is 1. The van der Waals surface area contributed by atoms with Gasteiger partial charge >= 0.3 is 6.03 Å². The van der Waals surface area contributed by atoms with Crippen molar-refractivity contribution in [3.8, 4) is 11.3 Å². The van der Waals surface area contributed by atoms with Crippen LogP contribution in [0.25, 0.3) is 22.2 Å². The van der Waals surface area contributed by atoms with Gasteiger partial charge in [0.25, 0.3) is 0 Å². The Hall–Kier alpha value is -3.03. The number of anilines is 1. The molecule has 1 saturated carbocycles. The zero-order valence-electron chi connectivity index (χ0n) is 15.7. The predicted molar refractivity (Wildman–Crippen MR) is 105 cm³/mol. The van der Waals surface area contributed by atoms with Crippen LogP contribution in [-0.4, -0.2) is 32.2 Å². The van der Waals surface area contributed by atoms with Crippen molar-refractivity contribution in [1.82, 2.24) is 25.5 Å². The lowest BCUT2D eigenvalue weighted by molar-refractivity contribution is 0.235. The molecule has 1 aliphatic rings. The Balaban J connectivity index is 1.45. The van der Waals surface area contributed by atoms with Crippen molar-refractivity contribution in [2.45, 2.75) is 45.1 Å². The highest BCUT2D eigenvalue weighted by Crippen LogP contribution is 2.28. The first kappa shape index (κ1) is 18.3. The lowest BCUT2D eigenvalue weighted by Gasteiger charge is -2.28. The number of carbonyl (C=O) groups excluding carboxylic acids is 1. The monoisotopic (exact) mass is 382 g/mol. The molecule has 1 fully saturated rings. The highest BCUT2D eigenvalue weighted by Gasteiger charge is 2.21. The minimum absolute atomic E-state index is 0.129. The number of hydrogen-bond donors (Lipinski definition) is 3. The molecule has 7 nitrogen and oxygen atoms in total. The van der Waals surface area contributed by atoms with Crippen LogP contribution in [0.1, 0.15) is 39.0 Å². The third-order valence-electron chi connectivity index (χ3n) is 5.40. The molecule has 2 amide bonds. The maximum Gasteiger partial charge on any atom is 0.320 e. The van der Waals surface area contributed by atoms with Crippen LogP contribution in [0.15, 0.2) is 30.6 Å². The molecule has 8 heteroatoms. The average Bonchev–Trinajstić information content (AvgIpc) is 3.12. The van der Waals surface area contributed by atoms with Crippen LogP contribution in [-0.2, 0) is 0 Å². The number of nitrogens with zero attached hydrogens (tertiary/aromatic N) is 3. The molecule has 4 rings (SSSR count). The molecular formula is C20H23FN6O. The summed E-state index contributed by atoms with van der Waals surface area (Å²) >= 11 is 0. The van der Waals surface area contributed by atoms with Crippen LogP contribution < -0.4 is 10.6 Å². The smallest absolute Gasteiger partial charge is 0.320 e. The number of hydrogen-bond acceptors (Lipinski definition) is 4. The van der Waals surface area contributed by atoms with Gasteiger partial charge in [-0.1, -0.05) is 19.3 Å². The second kappa shape index (κ2) is 7.92. The zero-order chi connectivity index (χ0) is 19.5. The molecule has 0 bridgehead atoms. The molecule has 0 spiro atoms. The van der Waals surface area contributed by atoms with E-state index < -0.39 is 5.95 Å². The van der Waals surface area contributed by atoms with Crippen LogP contribution >= 0.6 is 0 Å². The van der Waals surface area contributed by atoms with E-state index in [0.29, 0.717) is 28.5 Å². The molecule has 1 atom stereocenters. The number of H-pyrrole nitrogens is 1. The third kappa shape index (κ3) is 3.95. The SMILES string of the molecule is C[C@@H](NC(=O)Nc1cc2[nH]nc(-c3ccnc(F)c3)c2cn1)C1CCCCC1. The molecule has 3 aromatic rings. The molecule has 0 aromatic carbocycles. The fourth-order valence-electron chi connectivity index (χ4n) is 3.86. The van der Waals surface area contributed by atoms with Gasteiger partial charge in [-0.15, -0.1) is 0 Å². The topological polar surface area (TPSA) is 95.6 Å². The Labute approximate surface area is 162 Å². The standard InChI is InChI=1S/C20H23FN6O/c1-12(13-5-3-2-4-6-13)24-20(28)25-18-10-16-15(11-23-18)19(27-26-16)14-7-8-22-17(21)9-14/h7-13H,2-6H2,1H3,(H,26,27)(H2,23,24,25,28)/t12-/m1/s1. The Morgan fingerprint density at radius 2 is 2.07 bits per heavy atom. The van der Waals surface area contributed by atoms with Crippen molar-refractivity contribution >= 4 is 22.8 Å². The van der Waals surface area contributed by atoms with Crippen LogP contribution in [0.2, 0.25) is 0 Å². The molecule has 3 aromatic heterocycles. The fourth-order valence-corrected chi connectivity index (χ4v) is 3.86. The van der Waals surface area contributed by atoms with Crippen molar-refractivity contribution in [1.29, 1.82) is 0 Å². The van der Waals surface area contributed by atoms with E-state index in [1.165, 1.54) is 31.5 Å². The van der Waals surface area contributed by atoms with Crippen molar-refractivity contribution in [3.05, 3.63) is 36.5 Å².